The first kappa shape index (κ1) is 23.0. The zero-order valence-electron chi connectivity index (χ0n) is 18.9. The minimum atomic E-state index is -3.31. The van der Waals surface area contributed by atoms with Crippen LogP contribution in [0.3, 0.4) is 0 Å². The Morgan fingerprint density at radius 1 is 0.727 bits per heavy atom. The molecule has 4 aromatic rings. The molecule has 0 heterocycles. The van der Waals surface area contributed by atoms with Crippen molar-refractivity contribution in [2.24, 2.45) is 5.73 Å². The second-order valence-electron chi connectivity index (χ2n) is 8.08. The molecule has 0 aliphatic carbocycles. The first-order valence-electron chi connectivity index (χ1n) is 11.0. The van der Waals surface area contributed by atoms with Crippen LogP contribution in [0.4, 0.5) is 0 Å². The van der Waals surface area contributed by atoms with Crippen LogP contribution in [0.25, 0.3) is 0 Å². The van der Waals surface area contributed by atoms with Gasteiger partial charge in [0.05, 0.1) is 12.6 Å². The van der Waals surface area contributed by atoms with Gasteiger partial charge < -0.3 is 10.5 Å². The topological polar surface area (TPSA) is 64.3 Å². The Hall–Kier alpha value is -3.17. The molecule has 0 saturated carbocycles. The monoisotopic (exact) mass is 456 g/mol. The molecule has 2 atom stereocenters. The Labute approximate surface area is 195 Å². The van der Waals surface area contributed by atoms with Crippen LogP contribution in [-0.4, -0.2) is 13.2 Å². The molecule has 4 rings (SSSR count). The second kappa shape index (κ2) is 9.76. The van der Waals surface area contributed by atoms with Crippen molar-refractivity contribution in [1.29, 1.82) is 0 Å². The largest absolute Gasteiger partial charge is 0.497 e. The van der Waals surface area contributed by atoms with Gasteiger partial charge in [0.2, 0.25) is 7.29 Å². The van der Waals surface area contributed by atoms with Gasteiger partial charge in [0.25, 0.3) is 0 Å². The summed E-state index contributed by atoms with van der Waals surface area (Å²) in [5.41, 5.74) is 7.69. The van der Waals surface area contributed by atoms with Crippen molar-refractivity contribution in [2.75, 3.05) is 7.11 Å². The van der Waals surface area contributed by atoms with Crippen molar-refractivity contribution in [2.45, 2.75) is 18.5 Å². The molecule has 0 aliphatic rings. The summed E-state index contributed by atoms with van der Waals surface area (Å²) in [5.74, 6) is 0.750. The Bertz CT molecular complexity index is 1170. The van der Waals surface area contributed by atoms with Gasteiger partial charge in [0.1, 0.15) is 5.75 Å². The highest BCUT2D eigenvalue weighted by Crippen LogP contribution is 2.47. The Kier molecular flexibility index (Phi) is 6.80. The van der Waals surface area contributed by atoms with Gasteiger partial charge in [-0.15, -0.1) is 0 Å². The van der Waals surface area contributed by atoms with Crippen molar-refractivity contribution in [3.63, 3.8) is 0 Å². The lowest BCUT2D eigenvalue weighted by molar-refractivity contribution is 0.397. The molecule has 0 aromatic heterocycles. The number of methoxy groups -OCH3 is 1. The van der Waals surface area contributed by atoms with E-state index in [0.29, 0.717) is 0 Å². The molecular weight excluding hydrogens is 427 g/mol. The molecule has 0 radical (unpaired) electrons. The number of benzene rings is 4. The lowest BCUT2D eigenvalue weighted by Crippen LogP contribution is -2.55. The summed E-state index contributed by atoms with van der Waals surface area (Å²) in [4.78, 5) is 0. The fourth-order valence-corrected chi connectivity index (χ4v) is 6.98. The lowest BCUT2D eigenvalue weighted by atomic mass is 9.78. The molecule has 0 amide bonds. The van der Waals surface area contributed by atoms with Gasteiger partial charge in [-0.3, -0.25) is 4.57 Å². The molecule has 0 aliphatic heterocycles. The SMILES string of the molecule is COc1ccc([C@@](NP(=O)(c2ccccc2)c2ccccc2)(c2ccccc2)[C@H](C)N)cc1. The van der Waals surface area contributed by atoms with E-state index < -0.39 is 18.9 Å². The molecule has 5 heteroatoms. The number of hydrogen-bond donors (Lipinski definition) is 2. The summed E-state index contributed by atoms with van der Waals surface area (Å²) >= 11 is 0. The number of hydrogen-bond acceptors (Lipinski definition) is 3. The standard InChI is InChI=1S/C28H29N2O2P/c1-22(29)28(23-12-6-3-7-13-23,24-18-20-25(32-2)21-19-24)30-33(31,26-14-8-4-9-15-26)27-16-10-5-11-17-27/h3-22H,29H2,1-2H3,(H,30,31)/t22-,28-/m0/s1. The third-order valence-corrected chi connectivity index (χ3v) is 8.75. The zero-order valence-corrected chi connectivity index (χ0v) is 19.8. The number of rotatable bonds is 8. The first-order valence-corrected chi connectivity index (χ1v) is 12.7. The summed E-state index contributed by atoms with van der Waals surface area (Å²) in [6.45, 7) is 1.95. The normalized spacial score (nSPS) is 14.3. The van der Waals surface area contributed by atoms with Crippen LogP contribution in [0.2, 0.25) is 0 Å². The first-order chi connectivity index (χ1) is 16.0. The van der Waals surface area contributed by atoms with Crippen LogP contribution >= 0.6 is 7.29 Å². The van der Waals surface area contributed by atoms with E-state index in [9.17, 15) is 0 Å². The molecule has 3 N–H and O–H groups in total. The zero-order chi connectivity index (χ0) is 23.3. The van der Waals surface area contributed by atoms with E-state index in [2.05, 4.69) is 5.09 Å². The molecule has 0 saturated heterocycles. The maximum absolute atomic E-state index is 15.0. The highest BCUT2D eigenvalue weighted by atomic mass is 31.2. The van der Waals surface area contributed by atoms with Crippen LogP contribution in [-0.2, 0) is 10.1 Å². The van der Waals surface area contributed by atoms with E-state index in [1.54, 1.807) is 7.11 Å². The predicted molar refractivity (Wildman–Crippen MR) is 137 cm³/mol. The highest BCUT2D eigenvalue weighted by molar-refractivity contribution is 7.77. The Morgan fingerprint density at radius 2 is 1.15 bits per heavy atom. The van der Waals surface area contributed by atoms with Crippen LogP contribution in [0.1, 0.15) is 18.1 Å². The average molecular weight is 457 g/mol. The van der Waals surface area contributed by atoms with Gasteiger partial charge in [0.15, 0.2) is 0 Å². The maximum Gasteiger partial charge on any atom is 0.205 e. The number of nitrogens with one attached hydrogen (secondary N) is 1. The van der Waals surface area contributed by atoms with Crippen LogP contribution in [0.5, 0.6) is 5.75 Å². The quantitative estimate of drug-likeness (QED) is 0.374. The van der Waals surface area contributed by atoms with Crippen molar-refractivity contribution < 1.29 is 9.30 Å². The minimum Gasteiger partial charge on any atom is -0.497 e. The molecule has 0 bridgehead atoms. The summed E-state index contributed by atoms with van der Waals surface area (Å²) in [5, 5.41) is 5.09. The van der Waals surface area contributed by atoms with Gasteiger partial charge in [-0.25, -0.2) is 5.09 Å². The molecular formula is C28H29N2O2P. The maximum atomic E-state index is 15.0. The highest BCUT2D eigenvalue weighted by Gasteiger charge is 2.44. The lowest BCUT2D eigenvalue weighted by Gasteiger charge is -2.42. The minimum absolute atomic E-state index is 0.408. The van der Waals surface area contributed by atoms with Gasteiger partial charge in [-0.05, 0) is 54.4 Å². The second-order valence-corrected chi connectivity index (χ2v) is 10.6. The van der Waals surface area contributed by atoms with Crippen LogP contribution in [0.15, 0.2) is 115 Å². The van der Waals surface area contributed by atoms with E-state index >= 15 is 4.57 Å². The fourth-order valence-electron chi connectivity index (χ4n) is 4.28. The molecule has 4 aromatic carbocycles. The van der Waals surface area contributed by atoms with E-state index in [0.717, 1.165) is 27.5 Å². The average Bonchev–Trinajstić information content (AvgIpc) is 2.88. The molecule has 0 unspecified atom stereocenters. The van der Waals surface area contributed by atoms with E-state index in [4.69, 9.17) is 10.5 Å². The van der Waals surface area contributed by atoms with Crippen molar-refractivity contribution in [3.05, 3.63) is 126 Å². The van der Waals surface area contributed by atoms with Crippen molar-refractivity contribution >= 4 is 17.9 Å². The summed E-state index contributed by atoms with van der Waals surface area (Å²) in [6.07, 6.45) is 0. The smallest absolute Gasteiger partial charge is 0.205 e. The summed E-state index contributed by atoms with van der Waals surface area (Å²) in [6, 6.07) is 36.5. The third-order valence-electron chi connectivity index (χ3n) is 6.03. The molecule has 33 heavy (non-hydrogen) atoms. The molecule has 168 valence electrons. The predicted octanol–water partition coefficient (Wildman–Crippen LogP) is 4.80. The Balaban J connectivity index is 1.99. The van der Waals surface area contributed by atoms with Crippen LogP contribution < -0.4 is 26.2 Å². The number of nitrogens with two attached hydrogens (primary N) is 1. The Morgan fingerprint density at radius 3 is 1.58 bits per heavy atom. The molecule has 0 spiro atoms. The van der Waals surface area contributed by atoms with Crippen molar-refractivity contribution in [1.82, 2.24) is 5.09 Å². The summed E-state index contributed by atoms with van der Waals surface area (Å²) in [7, 11) is -1.67. The van der Waals surface area contributed by atoms with E-state index in [-0.39, 0.29) is 0 Å². The van der Waals surface area contributed by atoms with Gasteiger partial charge >= 0.3 is 0 Å². The van der Waals surface area contributed by atoms with E-state index in [1.165, 1.54) is 0 Å². The van der Waals surface area contributed by atoms with E-state index in [1.807, 2.05) is 122 Å². The fraction of sp³-hybridized carbons (Fsp3) is 0.143. The molecule has 0 fully saturated rings. The van der Waals surface area contributed by atoms with Gasteiger partial charge in [-0.2, -0.15) is 0 Å². The molecule has 4 nitrogen and oxygen atoms in total. The van der Waals surface area contributed by atoms with Crippen LogP contribution in [0, 0.1) is 0 Å². The summed E-state index contributed by atoms with van der Waals surface area (Å²) < 4.78 is 20.4. The van der Waals surface area contributed by atoms with Gasteiger partial charge in [-0.1, -0.05) is 78.9 Å². The third kappa shape index (κ3) is 4.38. The van der Waals surface area contributed by atoms with Crippen molar-refractivity contribution in [3.8, 4) is 5.75 Å². The van der Waals surface area contributed by atoms with Gasteiger partial charge in [0, 0.05) is 16.7 Å². The number of ether oxygens (including phenoxy) is 1.